The highest BCUT2D eigenvalue weighted by molar-refractivity contribution is 6.13. The Labute approximate surface area is 266 Å². The SMILES string of the molecule is CCOC(=O)N1C[C@H]2[C@H](C1)n1ncc(NC(=O)c3ccc(OC)c(C#N)c3)c1C(=O)N2c1ccc(C(F)(F)c2ccc(F)cc2)cc1. The van der Waals surface area contributed by atoms with Crippen LogP contribution in [0.25, 0.3) is 0 Å². The first-order valence-electron chi connectivity index (χ1n) is 14.5. The number of carbonyl (C=O) groups excluding carboxylic acids is 3. The second-order valence-corrected chi connectivity index (χ2v) is 10.9. The van der Waals surface area contributed by atoms with E-state index in [-0.39, 0.29) is 59.2 Å². The zero-order chi connectivity index (χ0) is 33.5. The number of nitrogens with zero attached hydrogens (tertiary/aromatic N) is 5. The number of benzene rings is 3. The van der Waals surface area contributed by atoms with Gasteiger partial charge in [0.15, 0.2) is 5.69 Å². The van der Waals surface area contributed by atoms with Gasteiger partial charge in [0.05, 0.1) is 43.2 Å². The Morgan fingerprint density at radius 1 is 1.04 bits per heavy atom. The number of nitrogens with one attached hydrogen (secondary N) is 1. The van der Waals surface area contributed by atoms with Crippen molar-refractivity contribution in [2.45, 2.75) is 24.9 Å². The first-order valence-corrected chi connectivity index (χ1v) is 14.5. The molecule has 0 spiro atoms. The number of ether oxygens (including phenoxy) is 2. The first kappa shape index (κ1) is 31.2. The van der Waals surface area contributed by atoms with Gasteiger partial charge in [0, 0.05) is 35.5 Å². The highest BCUT2D eigenvalue weighted by atomic mass is 19.3. The van der Waals surface area contributed by atoms with Gasteiger partial charge in [-0.1, -0.05) is 12.1 Å². The minimum absolute atomic E-state index is 0.0139. The molecule has 2 aliphatic rings. The molecule has 3 aromatic carbocycles. The largest absolute Gasteiger partial charge is 0.495 e. The molecule has 1 fully saturated rings. The Kier molecular flexibility index (Phi) is 8.06. The van der Waals surface area contributed by atoms with Crippen LogP contribution in [-0.4, -0.2) is 65.4 Å². The lowest BCUT2D eigenvalue weighted by molar-refractivity contribution is 0.0428. The summed E-state index contributed by atoms with van der Waals surface area (Å²) in [6.45, 7) is 2.01. The Morgan fingerprint density at radius 3 is 2.34 bits per heavy atom. The van der Waals surface area contributed by atoms with Crippen LogP contribution in [0.3, 0.4) is 0 Å². The zero-order valence-corrected chi connectivity index (χ0v) is 25.1. The summed E-state index contributed by atoms with van der Waals surface area (Å²) in [7, 11) is 1.40. The van der Waals surface area contributed by atoms with Gasteiger partial charge in [-0.3, -0.25) is 19.2 Å². The molecule has 14 heteroatoms. The van der Waals surface area contributed by atoms with Crippen molar-refractivity contribution in [1.29, 1.82) is 5.26 Å². The van der Waals surface area contributed by atoms with Gasteiger partial charge in [0.1, 0.15) is 17.6 Å². The predicted octanol–water partition coefficient (Wildman–Crippen LogP) is 5.34. The van der Waals surface area contributed by atoms with Gasteiger partial charge in [-0.15, -0.1) is 0 Å². The van der Waals surface area contributed by atoms with Crippen LogP contribution >= 0.6 is 0 Å². The van der Waals surface area contributed by atoms with E-state index >= 15 is 8.78 Å². The van der Waals surface area contributed by atoms with Crippen LogP contribution in [0.15, 0.2) is 72.9 Å². The summed E-state index contributed by atoms with van der Waals surface area (Å²) < 4.78 is 55.8. The Morgan fingerprint density at radius 2 is 1.70 bits per heavy atom. The number of aromatic nitrogens is 2. The molecule has 47 heavy (non-hydrogen) atoms. The minimum atomic E-state index is -3.45. The van der Waals surface area contributed by atoms with Gasteiger partial charge in [0.2, 0.25) is 0 Å². The van der Waals surface area contributed by atoms with Crippen LogP contribution in [0.1, 0.15) is 50.5 Å². The molecule has 0 unspecified atom stereocenters. The number of amides is 3. The first-order chi connectivity index (χ1) is 22.6. The highest BCUT2D eigenvalue weighted by Gasteiger charge is 2.49. The van der Waals surface area contributed by atoms with Crippen LogP contribution < -0.4 is 15.0 Å². The molecule has 4 aromatic rings. The number of alkyl halides is 2. The lowest BCUT2D eigenvalue weighted by Crippen LogP contribution is -2.51. The molecule has 1 aromatic heterocycles. The van der Waals surface area contributed by atoms with Gasteiger partial charge < -0.3 is 19.7 Å². The number of methoxy groups -OCH3 is 1. The fourth-order valence-corrected chi connectivity index (χ4v) is 5.91. The molecule has 0 saturated carbocycles. The van der Waals surface area contributed by atoms with Crippen molar-refractivity contribution in [2.75, 3.05) is 37.0 Å². The van der Waals surface area contributed by atoms with Gasteiger partial charge in [0.25, 0.3) is 17.7 Å². The number of halogens is 3. The standard InChI is InChI=1S/C33H27F3N6O5/c1-3-47-32(45)40-17-26-27(18-40)42-29(25(16-38-42)39-30(43)19-4-13-28(46-2)20(14-19)15-37)31(44)41(26)24-11-7-22(8-12-24)33(35,36)21-5-9-23(34)10-6-21/h4-14,16,26-27H,3,17-18H2,1-2H3,(H,39,43)/t26-,27-/m0/s1. The highest BCUT2D eigenvalue weighted by Crippen LogP contribution is 2.41. The molecule has 2 atom stereocenters. The molecular formula is C33H27F3N6O5. The number of hydrogen-bond donors (Lipinski definition) is 1. The van der Waals surface area contributed by atoms with Crippen LogP contribution in [0.4, 0.5) is 29.3 Å². The molecule has 2 aliphatic heterocycles. The van der Waals surface area contributed by atoms with E-state index in [2.05, 4.69) is 10.4 Å². The smallest absolute Gasteiger partial charge is 0.409 e. The van der Waals surface area contributed by atoms with Crippen LogP contribution in [0.5, 0.6) is 5.75 Å². The molecular weight excluding hydrogens is 617 g/mol. The topological polar surface area (TPSA) is 130 Å². The number of rotatable bonds is 7. The van der Waals surface area contributed by atoms with E-state index in [1.54, 1.807) is 6.92 Å². The molecule has 240 valence electrons. The maximum absolute atomic E-state index is 15.3. The summed E-state index contributed by atoms with van der Waals surface area (Å²) in [4.78, 5) is 43.0. The molecule has 1 saturated heterocycles. The zero-order valence-electron chi connectivity index (χ0n) is 25.1. The van der Waals surface area contributed by atoms with Crippen molar-refractivity contribution < 1.29 is 37.0 Å². The monoisotopic (exact) mass is 644 g/mol. The Bertz CT molecular complexity index is 1910. The van der Waals surface area contributed by atoms with Crippen molar-refractivity contribution in [3.05, 3.63) is 107 Å². The number of fused-ring (bicyclic) bond motifs is 3. The number of nitriles is 1. The van der Waals surface area contributed by atoms with Crippen LogP contribution in [-0.2, 0) is 10.7 Å². The van der Waals surface area contributed by atoms with Crippen molar-refractivity contribution >= 4 is 29.3 Å². The summed E-state index contributed by atoms with van der Waals surface area (Å²) in [5.41, 5.74) is -0.139. The van der Waals surface area contributed by atoms with Crippen molar-refractivity contribution in [1.82, 2.24) is 14.7 Å². The van der Waals surface area contributed by atoms with E-state index in [0.717, 1.165) is 24.3 Å². The number of likely N-dealkylation sites (tertiary alicyclic amines) is 1. The summed E-state index contributed by atoms with van der Waals surface area (Å²) >= 11 is 0. The third-order valence-corrected chi connectivity index (χ3v) is 8.19. The number of hydrogen-bond acceptors (Lipinski definition) is 7. The Balaban J connectivity index is 1.35. The van der Waals surface area contributed by atoms with Crippen LogP contribution in [0, 0.1) is 17.1 Å². The van der Waals surface area contributed by atoms with Gasteiger partial charge in [-0.25, -0.2) is 9.18 Å². The number of anilines is 2. The third-order valence-electron chi connectivity index (χ3n) is 8.19. The fourth-order valence-electron chi connectivity index (χ4n) is 5.91. The van der Waals surface area contributed by atoms with E-state index in [9.17, 15) is 24.0 Å². The molecule has 3 heterocycles. The maximum atomic E-state index is 15.3. The third kappa shape index (κ3) is 5.50. The molecule has 0 radical (unpaired) electrons. The molecule has 0 bridgehead atoms. The van der Waals surface area contributed by atoms with E-state index in [1.807, 2.05) is 6.07 Å². The second kappa shape index (κ2) is 12.2. The Hall–Kier alpha value is -5.84. The van der Waals surface area contributed by atoms with Crippen molar-refractivity contribution in [2.24, 2.45) is 0 Å². The molecule has 3 amide bonds. The van der Waals surface area contributed by atoms with Gasteiger partial charge >= 0.3 is 6.09 Å². The van der Waals surface area contributed by atoms with Crippen molar-refractivity contribution in [3.63, 3.8) is 0 Å². The molecule has 11 nitrogen and oxygen atoms in total. The second-order valence-electron chi connectivity index (χ2n) is 10.9. The van der Waals surface area contributed by atoms with E-state index in [1.165, 1.54) is 70.3 Å². The fraction of sp³-hybridized carbons (Fsp3) is 0.242. The summed E-state index contributed by atoms with van der Waals surface area (Å²) in [5.74, 6) is -5.00. The number of carbonyl (C=O) groups is 3. The summed E-state index contributed by atoms with van der Waals surface area (Å²) in [6.07, 6.45) is 0.735. The van der Waals surface area contributed by atoms with E-state index in [0.29, 0.717) is 0 Å². The van der Waals surface area contributed by atoms with Gasteiger partial charge in [-0.05, 0) is 61.5 Å². The van der Waals surface area contributed by atoms with Gasteiger partial charge in [-0.2, -0.15) is 19.1 Å². The van der Waals surface area contributed by atoms with Crippen molar-refractivity contribution in [3.8, 4) is 11.8 Å². The van der Waals surface area contributed by atoms with E-state index < -0.39 is 47.3 Å². The minimum Gasteiger partial charge on any atom is -0.495 e. The van der Waals surface area contributed by atoms with Crippen LogP contribution in [0.2, 0.25) is 0 Å². The normalized spacial score (nSPS) is 17.1. The molecule has 0 aliphatic carbocycles. The predicted molar refractivity (Wildman–Crippen MR) is 162 cm³/mol. The maximum Gasteiger partial charge on any atom is 0.409 e. The summed E-state index contributed by atoms with van der Waals surface area (Å²) in [6, 6.07) is 14.1. The summed E-state index contributed by atoms with van der Waals surface area (Å²) in [5, 5.41) is 16.5. The quantitative estimate of drug-likeness (QED) is 0.288. The lowest BCUT2D eigenvalue weighted by atomic mass is 9.99. The average Bonchev–Trinajstić information content (AvgIpc) is 3.70. The molecule has 6 rings (SSSR count). The van der Waals surface area contributed by atoms with E-state index in [4.69, 9.17) is 9.47 Å². The molecule has 1 N–H and O–H groups in total. The lowest BCUT2D eigenvalue weighted by Gasteiger charge is -2.37. The average molecular weight is 645 g/mol.